The molecule has 1 aromatic rings. The second-order valence-corrected chi connectivity index (χ2v) is 6.70. The number of nitrogens with zero attached hydrogens (tertiary/aromatic N) is 2. The zero-order valence-corrected chi connectivity index (χ0v) is 13.2. The lowest BCUT2D eigenvalue weighted by molar-refractivity contribution is 0.322. The molecule has 1 aromatic heterocycles. The third-order valence-electron chi connectivity index (χ3n) is 2.63. The van der Waals surface area contributed by atoms with E-state index in [2.05, 4.69) is 0 Å². The summed E-state index contributed by atoms with van der Waals surface area (Å²) in [4.78, 5) is 1.95. The van der Waals surface area contributed by atoms with E-state index in [1.165, 1.54) is 10.4 Å². The molecule has 1 rings (SSSR count). The van der Waals surface area contributed by atoms with Gasteiger partial charge in [0.05, 0.1) is 5.88 Å². The molecular formula is C12H21ClN2O3S. The van der Waals surface area contributed by atoms with Crippen LogP contribution in [0.2, 0.25) is 0 Å². The van der Waals surface area contributed by atoms with Crippen LogP contribution >= 0.6 is 11.6 Å². The first-order valence-corrected chi connectivity index (χ1v) is 8.18. The summed E-state index contributed by atoms with van der Waals surface area (Å²) >= 11 is 5.62. The van der Waals surface area contributed by atoms with E-state index in [9.17, 15) is 8.42 Å². The van der Waals surface area contributed by atoms with Crippen LogP contribution in [0.4, 0.5) is 0 Å². The molecule has 0 saturated carbocycles. The van der Waals surface area contributed by atoms with Gasteiger partial charge in [0.1, 0.15) is 5.76 Å². The van der Waals surface area contributed by atoms with Gasteiger partial charge in [0, 0.05) is 19.6 Å². The van der Waals surface area contributed by atoms with Gasteiger partial charge >= 0.3 is 0 Å². The second kappa shape index (κ2) is 7.28. The van der Waals surface area contributed by atoms with Gasteiger partial charge in [0.25, 0.3) is 10.0 Å². The molecule has 0 fully saturated rings. The Bertz CT molecular complexity index is 485. The Hall–Kier alpha value is -0.560. The van der Waals surface area contributed by atoms with E-state index in [1.807, 2.05) is 25.9 Å². The lowest BCUT2D eigenvalue weighted by Crippen LogP contribution is -2.37. The number of alkyl halides is 1. The fourth-order valence-corrected chi connectivity index (χ4v) is 3.20. The minimum Gasteiger partial charge on any atom is -0.447 e. The first-order valence-electron chi connectivity index (χ1n) is 6.21. The van der Waals surface area contributed by atoms with Crippen molar-refractivity contribution in [1.82, 2.24) is 9.21 Å². The van der Waals surface area contributed by atoms with Gasteiger partial charge in [-0.25, -0.2) is 8.42 Å². The van der Waals surface area contributed by atoms with E-state index in [1.54, 1.807) is 6.07 Å². The molecule has 5 nitrogen and oxygen atoms in total. The average Bonchev–Trinajstić information content (AvgIpc) is 2.83. The van der Waals surface area contributed by atoms with Crippen molar-refractivity contribution in [2.45, 2.75) is 24.3 Å². The third-order valence-corrected chi connectivity index (χ3v) is 4.67. The van der Waals surface area contributed by atoms with Gasteiger partial charge < -0.3 is 9.32 Å². The predicted molar refractivity (Wildman–Crippen MR) is 75.9 cm³/mol. The highest BCUT2D eigenvalue weighted by atomic mass is 35.5. The van der Waals surface area contributed by atoms with Crippen molar-refractivity contribution in [3.8, 4) is 0 Å². The molecule has 19 heavy (non-hydrogen) atoms. The standard InChI is InChI=1S/C12H21ClN2O3S/c1-4-7-15(9-8-14(2)3)19(16,17)12-6-5-11(10-13)18-12/h5-6H,4,7-10H2,1-3H3. The molecule has 0 unspecified atom stereocenters. The van der Waals surface area contributed by atoms with E-state index in [-0.39, 0.29) is 11.0 Å². The highest BCUT2D eigenvalue weighted by Gasteiger charge is 2.26. The van der Waals surface area contributed by atoms with Gasteiger partial charge in [-0.15, -0.1) is 11.6 Å². The van der Waals surface area contributed by atoms with Crippen LogP contribution in [0.1, 0.15) is 19.1 Å². The van der Waals surface area contributed by atoms with Gasteiger partial charge in [-0.3, -0.25) is 0 Å². The maximum atomic E-state index is 12.4. The van der Waals surface area contributed by atoms with Crippen LogP contribution < -0.4 is 0 Å². The van der Waals surface area contributed by atoms with E-state index in [0.29, 0.717) is 25.4 Å². The Morgan fingerprint density at radius 1 is 1.21 bits per heavy atom. The van der Waals surface area contributed by atoms with Crippen LogP contribution in [-0.2, 0) is 15.9 Å². The summed E-state index contributed by atoms with van der Waals surface area (Å²) in [5, 5.41) is -0.0321. The largest absolute Gasteiger partial charge is 0.447 e. The first-order chi connectivity index (χ1) is 8.91. The van der Waals surface area contributed by atoms with Crippen molar-refractivity contribution in [2.24, 2.45) is 0 Å². The monoisotopic (exact) mass is 308 g/mol. The number of halogens is 1. The molecule has 0 atom stereocenters. The molecule has 110 valence electrons. The van der Waals surface area contributed by atoms with Crippen molar-refractivity contribution in [3.63, 3.8) is 0 Å². The van der Waals surface area contributed by atoms with Crippen LogP contribution in [0.5, 0.6) is 0 Å². The normalized spacial score (nSPS) is 12.5. The highest BCUT2D eigenvalue weighted by molar-refractivity contribution is 7.89. The number of sulfonamides is 1. The van der Waals surface area contributed by atoms with Crippen LogP contribution in [0, 0.1) is 0 Å². The molecule has 0 aliphatic carbocycles. The van der Waals surface area contributed by atoms with Crippen molar-refractivity contribution in [3.05, 3.63) is 17.9 Å². The summed E-state index contributed by atoms with van der Waals surface area (Å²) in [6.45, 7) is 3.54. The summed E-state index contributed by atoms with van der Waals surface area (Å²) in [6, 6.07) is 3.06. The van der Waals surface area contributed by atoms with Crippen molar-refractivity contribution in [2.75, 3.05) is 33.7 Å². The number of rotatable bonds is 8. The molecule has 0 radical (unpaired) electrons. The molecular weight excluding hydrogens is 288 g/mol. The Balaban J connectivity index is 2.91. The molecule has 0 aromatic carbocycles. The SMILES string of the molecule is CCCN(CCN(C)C)S(=O)(=O)c1ccc(CCl)o1. The number of likely N-dealkylation sites (N-methyl/N-ethyl adjacent to an activating group) is 1. The summed E-state index contributed by atoms with van der Waals surface area (Å²) in [5.74, 6) is 0.630. The minimum absolute atomic E-state index is 0.0321. The Labute approximate surface area is 120 Å². The van der Waals surface area contributed by atoms with Crippen molar-refractivity contribution < 1.29 is 12.8 Å². The first kappa shape index (κ1) is 16.5. The zero-order chi connectivity index (χ0) is 14.5. The topological polar surface area (TPSA) is 53.8 Å². The van der Waals surface area contributed by atoms with E-state index in [4.69, 9.17) is 16.0 Å². The van der Waals surface area contributed by atoms with Gasteiger partial charge in [0.2, 0.25) is 5.09 Å². The molecule has 0 saturated heterocycles. The highest BCUT2D eigenvalue weighted by Crippen LogP contribution is 2.20. The van der Waals surface area contributed by atoms with Crippen LogP contribution in [0.3, 0.4) is 0 Å². The minimum atomic E-state index is -3.57. The molecule has 0 bridgehead atoms. The van der Waals surface area contributed by atoms with Crippen LogP contribution in [-0.4, -0.2) is 51.4 Å². The summed E-state index contributed by atoms with van der Waals surface area (Å²) in [7, 11) is 0.257. The third kappa shape index (κ3) is 4.49. The quantitative estimate of drug-likeness (QED) is 0.689. The van der Waals surface area contributed by atoms with E-state index < -0.39 is 10.0 Å². The second-order valence-electron chi connectivity index (χ2n) is 4.56. The number of hydrogen-bond acceptors (Lipinski definition) is 4. The summed E-state index contributed by atoms with van der Waals surface area (Å²) in [5.41, 5.74) is 0. The fourth-order valence-electron chi connectivity index (χ4n) is 1.61. The maximum absolute atomic E-state index is 12.4. The zero-order valence-electron chi connectivity index (χ0n) is 11.6. The number of furan rings is 1. The molecule has 0 spiro atoms. The Morgan fingerprint density at radius 3 is 2.37 bits per heavy atom. The van der Waals surface area contributed by atoms with E-state index in [0.717, 1.165) is 6.42 Å². The van der Waals surface area contributed by atoms with Crippen molar-refractivity contribution in [1.29, 1.82) is 0 Å². The molecule has 0 aliphatic rings. The Morgan fingerprint density at radius 2 is 1.89 bits per heavy atom. The average molecular weight is 309 g/mol. The van der Waals surface area contributed by atoms with Gasteiger partial charge in [-0.2, -0.15) is 4.31 Å². The smallest absolute Gasteiger partial charge is 0.276 e. The van der Waals surface area contributed by atoms with Crippen LogP contribution in [0.25, 0.3) is 0 Å². The molecule has 0 aliphatic heterocycles. The summed E-state index contributed by atoms with van der Waals surface area (Å²) in [6.07, 6.45) is 0.760. The van der Waals surface area contributed by atoms with Gasteiger partial charge in [-0.05, 0) is 32.6 Å². The lowest BCUT2D eigenvalue weighted by Gasteiger charge is -2.22. The van der Waals surface area contributed by atoms with Crippen LogP contribution in [0.15, 0.2) is 21.6 Å². The van der Waals surface area contributed by atoms with Gasteiger partial charge in [0.15, 0.2) is 0 Å². The van der Waals surface area contributed by atoms with Crippen molar-refractivity contribution >= 4 is 21.6 Å². The maximum Gasteiger partial charge on any atom is 0.276 e. The number of hydrogen-bond donors (Lipinski definition) is 0. The molecule has 0 N–H and O–H groups in total. The summed E-state index contributed by atoms with van der Waals surface area (Å²) < 4.78 is 31.6. The van der Waals surface area contributed by atoms with E-state index >= 15 is 0 Å². The van der Waals surface area contributed by atoms with Gasteiger partial charge in [-0.1, -0.05) is 6.92 Å². The molecule has 0 amide bonds. The fraction of sp³-hybridized carbons (Fsp3) is 0.667. The predicted octanol–water partition coefficient (Wildman–Crippen LogP) is 1.98. The lowest BCUT2D eigenvalue weighted by atomic mass is 10.4. The molecule has 1 heterocycles. The Kier molecular flexibility index (Phi) is 6.32. The molecule has 7 heteroatoms.